The summed E-state index contributed by atoms with van der Waals surface area (Å²) in [6.07, 6.45) is 6.75. The Hall–Kier alpha value is -1.89. The van der Waals surface area contributed by atoms with Gasteiger partial charge in [-0.1, -0.05) is 48.7 Å². The SMILES string of the molecule is O=C(NC1CCCC1)c1ccc(Cl)c(S(=O)(=O)NC2CCCc3ccccc32)c1. The van der Waals surface area contributed by atoms with E-state index >= 15 is 0 Å². The van der Waals surface area contributed by atoms with Crippen LogP contribution in [0.2, 0.25) is 5.02 Å². The van der Waals surface area contributed by atoms with Gasteiger partial charge in [0.15, 0.2) is 0 Å². The molecule has 154 valence electrons. The van der Waals surface area contributed by atoms with Crippen molar-refractivity contribution in [1.29, 1.82) is 0 Å². The average molecular weight is 433 g/mol. The Morgan fingerprint density at radius 3 is 2.55 bits per heavy atom. The van der Waals surface area contributed by atoms with E-state index in [9.17, 15) is 13.2 Å². The van der Waals surface area contributed by atoms with E-state index in [0.717, 1.165) is 50.5 Å². The first-order valence-corrected chi connectivity index (χ1v) is 12.0. The van der Waals surface area contributed by atoms with Crippen LogP contribution >= 0.6 is 11.6 Å². The van der Waals surface area contributed by atoms with Gasteiger partial charge in [0.1, 0.15) is 4.90 Å². The van der Waals surface area contributed by atoms with Gasteiger partial charge in [-0.05, 0) is 61.4 Å². The molecule has 0 saturated heterocycles. The second-order valence-corrected chi connectivity index (χ2v) is 9.95. The fourth-order valence-corrected chi connectivity index (χ4v) is 6.09. The Kier molecular flexibility index (Phi) is 5.95. The van der Waals surface area contributed by atoms with E-state index in [1.54, 1.807) is 6.07 Å². The third-order valence-corrected chi connectivity index (χ3v) is 7.79. The number of carbonyl (C=O) groups excluding carboxylic acids is 1. The van der Waals surface area contributed by atoms with Crippen molar-refractivity contribution in [2.24, 2.45) is 0 Å². The number of rotatable bonds is 5. The molecule has 0 radical (unpaired) electrons. The summed E-state index contributed by atoms with van der Waals surface area (Å²) in [5.74, 6) is -0.256. The van der Waals surface area contributed by atoms with Crippen LogP contribution < -0.4 is 10.0 Å². The summed E-state index contributed by atoms with van der Waals surface area (Å²) in [4.78, 5) is 12.5. The van der Waals surface area contributed by atoms with Gasteiger partial charge in [-0.3, -0.25) is 4.79 Å². The van der Waals surface area contributed by atoms with E-state index < -0.39 is 10.0 Å². The number of amides is 1. The third kappa shape index (κ3) is 4.49. The molecule has 1 amide bonds. The van der Waals surface area contributed by atoms with Crippen LogP contribution in [-0.4, -0.2) is 20.4 Å². The minimum absolute atomic E-state index is 0.0544. The van der Waals surface area contributed by atoms with Gasteiger partial charge >= 0.3 is 0 Å². The number of nitrogens with one attached hydrogen (secondary N) is 2. The number of hydrogen-bond acceptors (Lipinski definition) is 3. The van der Waals surface area contributed by atoms with Gasteiger partial charge < -0.3 is 5.32 Å². The van der Waals surface area contributed by atoms with Gasteiger partial charge in [-0.15, -0.1) is 0 Å². The molecule has 2 aliphatic carbocycles. The fourth-order valence-electron chi connectivity index (χ4n) is 4.32. The minimum Gasteiger partial charge on any atom is -0.349 e. The number of fused-ring (bicyclic) bond motifs is 1. The predicted octanol–water partition coefficient (Wildman–Crippen LogP) is 4.37. The van der Waals surface area contributed by atoms with Crippen LogP contribution in [0.25, 0.3) is 0 Å². The van der Waals surface area contributed by atoms with Gasteiger partial charge in [0.05, 0.1) is 5.02 Å². The van der Waals surface area contributed by atoms with Gasteiger partial charge in [0.2, 0.25) is 10.0 Å². The minimum atomic E-state index is -3.88. The van der Waals surface area contributed by atoms with E-state index in [2.05, 4.69) is 10.0 Å². The zero-order chi connectivity index (χ0) is 20.4. The second kappa shape index (κ2) is 8.46. The van der Waals surface area contributed by atoms with Gasteiger partial charge in [0, 0.05) is 17.6 Å². The van der Waals surface area contributed by atoms with E-state index in [0.29, 0.717) is 5.56 Å². The van der Waals surface area contributed by atoms with Gasteiger partial charge in [0.25, 0.3) is 5.91 Å². The van der Waals surface area contributed by atoms with Gasteiger partial charge in [-0.2, -0.15) is 0 Å². The Morgan fingerprint density at radius 1 is 1.00 bits per heavy atom. The number of sulfonamides is 1. The van der Waals surface area contributed by atoms with Crippen LogP contribution in [0.1, 0.15) is 66.1 Å². The standard InChI is InChI=1S/C22H25ClN2O3S/c23-19-13-12-16(22(26)24-17-8-2-3-9-17)14-21(19)29(27,28)25-20-11-5-7-15-6-1-4-10-18(15)20/h1,4,6,10,12-14,17,20,25H,2-3,5,7-9,11H2,(H,24,26). The zero-order valence-corrected chi connectivity index (χ0v) is 17.7. The molecule has 7 heteroatoms. The first-order valence-electron chi connectivity index (χ1n) is 10.1. The topological polar surface area (TPSA) is 75.3 Å². The molecule has 5 nitrogen and oxygen atoms in total. The molecule has 1 fully saturated rings. The Labute approximate surface area is 176 Å². The summed E-state index contributed by atoms with van der Waals surface area (Å²) in [7, 11) is -3.88. The lowest BCUT2D eigenvalue weighted by atomic mass is 9.88. The molecule has 0 bridgehead atoms. The Bertz CT molecular complexity index is 1020. The van der Waals surface area contributed by atoms with Crippen LogP contribution in [0.5, 0.6) is 0 Å². The predicted molar refractivity (Wildman–Crippen MR) is 114 cm³/mol. The van der Waals surface area contributed by atoms with Crippen LogP contribution in [0, 0.1) is 0 Å². The summed E-state index contributed by atoms with van der Waals surface area (Å²) in [5, 5.41) is 3.10. The monoisotopic (exact) mass is 432 g/mol. The first-order chi connectivity index (χ1) is 13.9. The summed E-state index contributed by atoms with van der Waals surface area (Å²) in [6.45, 7) is 0. The van der Waals surface area contributed by atoms with Crippen LogP contribution in [0.3, 0.4) is 0 Å². The summed E-state index contributed by atoms with van der Waals surface area (Å²) in [6, 6.07) is 12.2. The zero-order valence-electron chi connectivity index (χ0n) is 16.2. The number of benzene rings is 2. The molecule has 2 aromatic rings. The smallest absolute Gasteiger partial charge is 0.251 e. The highest BCUT2D eigenvalue weighted by molar-refractivity contribution is 7.89. The van der Waals surface area contributed by atoms with Crippen LogP contribution in [0.15, 0.2) is 47.4 Å². The normalized spacial score (nSPS) is 19.7. The molecule has 0 aliphatic heterocycles. The van der Waals surface area contributed by atoms with Crippen molar-refractivity contribution >= 4 is 27.5 Å². The molecule has 29 heavy (non-hydrogen) atoms. The molecule has 0 spiro atoms. The highest BCUT2D eigenvalue weighted by Gasteiger charge is 2.28. The molecule has 1 unspecified atom stereocenters. The summed E-state index contributed by atoms with van der Waals surface area (Å²) < 4.78 is 29.1. The van der Waals surface area contributed by atoms with Crippen LogP contribution in [0.4, 0.5) is 0 Å². The van der Waals surface area contributed by atoms with E-state index in [1.807, 2.05) is 24.3 Å². The molecule has 2 aromatic carbocycles. The van der Waals surface area contributed by atoms with Crippen molar-refractivity contribution in [2.75, 3.05) is 0 Å². The van der Waals surface area contributed by atoms with Gasteiger partial charge in [-0.25, -0.2) is 13.1 Å². The third-order valence-electron chi connectivity index (χ3n) is 5.84. The highest BCUT2D eigenvalue weighted by atomic mass is 35.5. The molecule has 1 saturated carbocycles. The van der Waals surface area contributed by atoms with Crippen molar-refractivity contribution in [1.82, 2.24) is 10.0 Å². The number of carbonyl (C=O) groups is 1. The first kappa shape index (κ1) is 20.4. The molecule has 2 N–H and O–H groups in total. The molecule has 0 aromatic heterocycles. The maximum Gasteiger partial charge on any atom is 0.251 e. The van der Waals surface area contributed by atoms with Crippen molar-refractivity contribution in [3.63, 3.8) is 0 Å². The van der Waals surface area contributed by atoms with Crippen LogP contribution in [-0.2, 0) is 16.4 Å². The lowest BCUT2D eigenvalue weighted by molar-refractivity contribution is 0.0937. The lowest BCUT2D eigenvalue weighted by Gasteiger charge is -2.26. The highest BCUT2D eigenvalue weighted by Crippen LogP contribution is 2.32. The summed E-state index contributed by atoms with van der Waals surface area (Å²) in [5.41, 5.74) is 2.49. The van der Waals surface area contributed by atoms with E-state index in [1.165, 1.54) is 17.7 Å². The molecule has 1 atom stereocenters. The number of hydrogen-bond donors (Lipinski definition) is 2. The average Bonchev–Trinajstić information content (AvgIpc) is 3.21. The number of halogens is 1. The van der Waals surface area contributed by atoms with E-state index in [4.69, 9.17) is 11.6 Å². The second-order valence-electron chi connectivity index (χ2n) is 7.86. The Balaban J connectivity index is 1.57. The fraction of sp³-hybridized carbons (Fsp3) is 0.409. The van der Waals surface area contributed by atoms with Crippen molar-refractivity contribution in [2.45, 2.75) is 61.9 Å². The molecule has 2 aliphatic rings. The number of aryl methyl sites for hydroxylation is 1. The van der Waals surface area contributed by atoms with Crippen molar-refractivity contribution in [3.8, 4) is 0 Å². The lowest BCUT2D eigenvalue weighted by Crippen LogP contribution is -2.33. The van der Waals surface area contributed by atoms with Crippen molar-refractivity contribution < 1.29 is 13.2 Å². The molecular weight excluding hydrogens is 408 g/mol. The molecular formula is C22H25ClN2O3S. The largest absolute Gasteiger partial charge is 0.349 e. The molecule has 4 rings (SSSR count). The van der Waals surface area contributed by atoms with Crippen molar-refractivity contribution in [3.05, 3.63) is 64.2 Å². The van der Waals surface area contributed by atoms with E-state index in [-0.39, 0.29) is 27.9 Å². The summed E-state index contributed by atoms with van der Waals surface area (Å²) >= 11 is 6.22. The molecule has 0 heterocycles. The maximum atomic E-state index is 13.1. The maximum absolute atomic E-state index is 13.1. The quantitative estimate of drug-likeness (QED) is 0.736. The Morgan fingerprint density at radius 2 is 1.76 bits per heavy atom.